The maximum absolute atomic E-state index is 10.5. The van der Waals surface area contributed by atoms with Crippen LogP contribution in [0.5, 0.6) is 0 Å². The number of rotatable bonds is 4. The Morgan fingerprint density at radius 3 is 1.50 bits per heavy atom. The van der Waals surface area contributed by atoms with Crippen LogP contribution in [-0.4, -0.2) is 11.9 Å². The van der Waals surface area contributed by atoms with Crippen molar-refractivity contribution in [3.05, 3.63) is 0 Å². The number of carboxylic acids is 2. The van der Waals surface area contributed by atoms with Gasteiger partial charge in [0, 0.05) is 12.8 Å². The van der Waals surface area contributed by atoms with E-state index in [4.69, 9.17) is 12.8 Å². The van der Waals surface area contributed by atoms with E-state index in [0.717, 1.165) is 0 Å². The van der Waals surface area contributed by atoms with Crippen LogP contribution in [-0.2, 0) is 32.0 Å². The minimum Gasteiger partial charge on any atom is -0.549 e. The third-order valence-corrected chi connectivity index (χ3v) is 1.59. The Labute approximate surface area is 97.2 Å². The van der Waals surface area contributed by atoms with Gasteiger partial charge in [-0.1, -0.05) is 0 Å². The molecular formula is C9H6AgO4. The SMILES string of the molecule is C#CCC(CC#C)(C(=O)[O-])C(=O)[O-].[Ag+2]. The van der Waals surface area contributed by atoms with Gasteiger partial charge >= 0.3 is 22.4 Å². The molecule has 0 aliphatic rings. The first kappa shape index (κ1) is 15.3. The minimum absolute atomic E-state index is 0. The Hall–Kier alpha value is -1.20. The monoisotopic (exact) mass is 285 g/mol. The molecule has 0 rings (SSSR count). The molecule has 0 bridgehead atoms. The topological polar surface area (TPSA) is 80.3 Å². The molecule has 0 saturated heterocycles. The predicted molar refractivity (Wildman–Crippen MR) is 39.3 cm³/mol. The Morgan fingerprint density at radius 2 is 1.36 bits per heavy atom. The fraction of sp³-hybridized carbons (Fsp3) is 0.333. The molecule has 4 nitrogen and oxygen atoms in total. The minimum atomic E-state index is -2.26. The van der Waals surface area contributed by atoms with Crippen molar-refractivity contribution in [2.24, 2.45) is 5.41 Å². The molecule has 14 heavy (non-hydrogen) atoms. The Morgan fingerprint density at radius 1 is 1.07 bits per heavy atom. The molecule has 0 saturated carbocycles. The van der Waals surface area contributed by atoms with Gasteiger partial charge in [-0.2, -0.15) is 0 Å². The second-order valence-corrected chi connectivity index (χ2v) is 2.42. The molecule has 1 radical (unpaired) electrons. The van der Waals surface area contributed by atoms with E-state index in [1.165, 1.54) is 0 Å². The van der Waals surface area contributed by atoms with Crippen molar-refractivity contribution in [2.45, 2.75) is 12.8 Å². The van der Waals surface area contributed by atoms with E-state index in [0.29, 0.717) is 0 Å². The van der Waals surface area contributed by atoms with Crippen molar-refractivity contribution in [2.75, 3.05) is 0 Å². The molecule has 0 aliphatic carbocycles. The summed E-state index contributed by atoms with van der Waals surface area (Å²) in [5.41, 5.74) is -2.26. The molecule has 0 N–H and O–H groups in total. The van der Waals surface area contributed by atoms with Crippen LogP contribution in [0.15, 0.2) is 0 Å². The van der Waals surface area contributed by atoms with Crippen molar-refractivity contribution < 1.29 is 42.2 Å². The van der Waals surface area contributed by atoms with E-state index in [2.05, 4.69) is 0 Å². The summed E-state index contributed by atoms with van der Waals surface area (Å²) in [6, 6.07) is 0. The average Bonchev–Trinajstić information content (AvgIpc) is 2.03. The van der Waals surface area contributed by atoms with E-state index in [-0.39, 0.29) is 22.4 Å². The number of aliphatic carboxylic acids is 2. The number of hydrogen-bond acceptors (Lipinski definition) is 4. The number of terminal acetylenes is 2. The van der Waals surface area contributed by atoms with E-state index in [9.17, 15) is 19.8 Å². The predicted octanol–water partition coefficient (Wildman–Crippen LogP) is -2.48. The van der Waals surface area contributed by atoms with Crippen LogP contribution >= 0.6 is 0 Å². The first-order valence-corrected chi connectivity index (χ1v) is 3.31. The molecule has 5 heteroatoms. The smallest absolute Gasteiger partial charge is 0.549 e. The maximum Gasteiger partial charge on any atom is 2.00 e. The number of carbonyl (C=O) groups excluding carboxylic acids is 2. The van der Waals surface area contributed by atoms with Gasteiger partial charge in [0.25, 0.3) is 0 Å². The molecule has 0 fully saturated rings. The molecule has 0 aromatic rings. The average molecular weight is 286 g/mol. The van der Waals surface area contributed by atoms with Gasteiger partial charge in [-0.3, -0.25) is 0 Å². The van der Waals surface area contributed by atoms with E-state index >= 15 is 0 Å². The molecular weight excluding hydrogens is 280 g/mol. The maximum atomic E-state index is 10.5. The first-order valence-electron chi connectivity index (χ1n) is 3.31. The van der Waals surface area contributed by atoms with E-state index < -0.39 is 30.2 Å². The zero-order valence-electron chi connectivity index (χ0n) is 7.00. The van der Waals surface area contributed by atoms with Crippen molar-refractivity contribution in [1.82, 2.24) is 0 Å². The van der Waals surface area contributed by atoms with Gasteiger partial charge in [0.1, 0.15) is 0 Å². The second kappa shape index (κ2) is 6.28. The molecule has 77 valence electrons. The molecule has 0 atom stereocenters. The van der Waals surface area contributed by atoms with Gasteiger partial charge in [0.05, 0.1) is 17.4 Å². The Balaban J connectivity index is 0. The second-order valence-electron chi connectivity index (χ2n) is 2.42. The van der Waals surface area contributed by atoms with Gasteiger partial charge < -0.3 is 19.8 Å². The van der Waals surface area contributed by atoms with Crippen LogP contribution in [0.1, 0.15) is 12.8 Å². The fourth-order valence-corrected chi connectivity index (χ4v) is 0.783. The third-order valence-electron chi connectivity index (χ3n) is 1.59. The van der Waals surface area contributed by atoms with Gasteiger partial charge in [-0.15, -0.1) is 24.7 Å². The molecule has 0 amide bonds. The van der Waals surface area contributed by atoms with Crippen LogP contribution in [0.2, 0.25) is 0 Å². The standard InChI is InChI=1S/C9H8O4.Ag/c1-3-5-9(6-4-2,7(10)11)8(12)13;/h1-2H,5-6H2,(H,10,11)(H,12,13);/q;+2/p-2. The summed E-state index contributed by atoms with van der Waals surface area (Å²) >= 11 is 0. The molecule has 0 unspecified atom stereocenters. The summed E-state index contributed by atoms with van der Waals surface area (Å²) < 4.78 is 0. The van der Waals surface area contributed by atoms with Crippen LogP contribution in [0.4, 0.5) is 0 Å². The Kier molecular flexibility index (Phi) is 6.86. The summed E-state index contributed by atoms with van der Waals surface area (Å²) in [7, 11) is 0. The van der Waals surface area contributed by atoms with Gasteiger partial charge in [-0.25, -0.2) is 0 Å². The third kappa shape index (κ3) is 2.93. The van der Waals surface area contributed by atoms with Crippen LogP contribution in [0, 0.1) is 30.1 Å². The van der Waals surface area contributed by atoms with E-state index in [1.807, 2.05) is 11.8 Å². The van der Waals surface area contributed by atoms with Crippen molar-refractivity contribution in [3.8, 4) is 24.7 Å². The molecule has 0 aromatic carbocycles. The summed E-state index contributed by atoms with van der Waals surface area (Å²) in [6.45, 7) is 0. The summed E-state index contributed by atoms with van der Waals surface area (Å²) in [4.78, 5) is 21.0. The first-order chi connectivity index (χ1) is 6.01. The number of carbonyl (C=O) groups is 2. The van der Waals surface area contributed by atoms with Crippen LogP contribution < -0.4 is 10.2 Å². The largest absolute Gasteiger partial charge is 2.00 e. The molecule has 0 aromatic heterocycles. The number of carboxylic acid groups (broad SMARTS) is 2. The van der Waals surface area contributed by atoms with Gasteiger partial charge in [0.2, 0.25) is 0 Å². The summed E-state index contributed by atoms with van der Waals surface area (Å²) in [5.74, 6) is 0.205. The van der Waals surface area contributed by atoms with E-state index in [1.54, 1.807) is 0 Å². The van der Waals surface area contributed by atoms with Crippen LogP contribution in [0.3, 0.4) is 0 Å². The fourth-order valence-electron chi connectivity index (χ4n) is 0.783. The quantitative estimate of drug-likeness (QED) is 0.325. The van der Waals surface area contributed by atoms with Gasteiger partial charge in [-0.05, 0) is 0 Å². The Bertz CT molecular complexity index is 276. The normalized spacial score (nSPS) is 9.00. The molecule has 0 spiro atoms. The zero-order chi connectivity index (χ0) is 10.5. The van der Waals surface area contributed by atoms with Crippen molar-refractivity contribution >= 4 is 11.9 Å². The van der Waals surface area contributed by atoms with Crippen molar-refractivity contribution in [3.63, 3.8) is 0 Å². The zero-order valence-corrected chi connectivity index (χ0v) is 8.49. The molecule has 0 heterocycles. The number of hydrogen-bond donors (Lipinski definition) is 0. The molecule has 0 aliphatic heterocycles. The summed E-state index contributed by atoms with van der Waals surface area (Å²) in [6.07, 6.45) is 8.56. The van der Waals surface area contributed by atoms with Gasteiger partial charge in [0.15, 0.2) is 0 Å². The van der Waals surface area contributed by atoms with Crippen molar-refractivity contribution in [1.29, 1.82) is 0 Å². The summed E-state index contributed by atoms with van der Waals surface area (Å²) in [5, 5.41) is 21.0. The van der Waals surface area contributed by atoms with Crippen LogP contribution in [0.25, 0.3) is 0 Å².